The molecule has 0 saturated heterocycles. The minimum Gasteiger partial charge on any atom is -0.490 e. The number of nitrogens with zero attached hydrogens (tertiary/aromatic N) is 1. The van der Waals surface area contributed by atoms with Gasteiger partial charge in [-0.2, -0.15) is 5.26 Å². The van der Waals surface area contributed by atoms with Crippen molar-refractivity contribution >= 4 is 0 Å². The molecule has 1 atom stereocenters. The third-order valence-corrected chi connectivity index (χ3v) is 3.73. The first-order chi connectivity index (χ1) is 9.27. The van der Waals surface area contributed by atoms with Crippen molar-refractivity contribution in [1.29, 1.82) is 5.26 Å². The van der Waals surface area contributed by atoms with Gasteiger partial charge in [0.2, 0.25) is 6.79 Å². The van der Waals surface area contributed by atoms with Crippen LogP contribution in [0.5, 0.6) is 17.2 Å². The predicted molar refractivity (Wildman–Crippen MR) is 68.2 cm³/mol. The van der Waals surface area contributed by atoms with Crippen molar-refractivity contribution in [2.24, 2.45) is 5.92 Å². The van der Waals surface area contributed by atoms with Gasteiger partial charge in [-0.15, -0.1) is 0 Å². The van der Waals surface area contributed by atoms with E-state index in [1.165, 1.54) is 0 Å². The van der Waals surface area contributed by atoms with Gasteiger partial charge in [-0.05, 0) is 37.9 Å². The summed E-state index contributed by atoms with van der Waals surface area (Å²) in [5, 5.41) is 12.5. The summed E-state index contributed by atoms with van der Waals surface area (Å²) < 4.78 is 16.3. The molecular weight excluding hydrogens is 244 g/mol. The molecule has 0 radical (unpaired) electrons. The zero-order valence-electron chi connectivity index (χ0n) is 10.8. The topological polar surface area (TPSA) is 63.5 Å². The molecule has 1 aliphatic carbocycles. The van der Waals surface area contributed by atoms with Crippen LogP contribution in [0.1, 0.15) is 12.8 Å². The van der Waals surface area contributed by atoms with Crippen molar-refractivity contribution in [2.75, 3.05) is 20.4 Å². The van der Waals surface area contributed by atoms with Gasteiger partial charge in [-0.1, -0.05) is 0 Å². The number of likely N-dealkylation sites (N-methyl/N-ethyl adjacent to an activating group) is 1. The Morgan fingerprint density at radius 3 is 2.89 bits per heavy atom. The summed E-state index contributed by atoms with van der Waals surface area (Å²) in [7, 11) is 1.81. The molecule has 0 spiro atoms. The van der Waals surface area contributed by atoms with Crippen LogP contribution in [0.4, 0.5) is 0 Å². The number of nitriles is 1. The number of rotatable bonds is 5. The van der Waals surface area contributed by atoms with Crippen molar-refractivity contribution in [3.8, 4) is 23.3 Å². The lowest BCUT2D eigenvalue weighted by molar-refractivity contribution is 0.173. The Balaban J connectivity index is 1.70. The highest BCUT2D eigenvalue weighted by Gasteiger charge is 2.45. The van der Waals surface area contributed by atoms with Crippen LogP contribution in [0.25, 0.3) is 0 Å². The summed E-state index contributed by atoms with van der Waals surface area (Å²) in [6.07, 6.45) is 2.16. The van der Waals surface area contributed by atoms with Gasteiger partial charge in [-0.3, -0.25) is 5.32 Å². The van der Waals surface area contributed by atoms with Crippen molar-refractivity contribution in [3.05, 3.63) is 18.2 Å². The molecule has 1 aliphatic heterocycles. The highest BCUT2D eigenvalue weighted by molar-refractivity contribution is 5.46. The van der Waals surface area contributed by atoms with Crippen molar-refractivity contribution in [1.82, 2.24) is 5.32 Å². The maximum absolute atomic E-state index is 9.38. The largest absolute Gasteiger partial charge is 0.490 e. The van der Waals surface area contributed by atoms with Crippen LogP contribution in [0.2, 0.25) is 0 Å². The zero-order valence-corrected chi connectivity index (χ0v) is 10.8. The van der Waals surface area contributed by atoms with Crippen LogP contribution < -0.4 is 19.5 Å². The Morgan fingerprint density at radius 1 is 1.42 bits per heavy atom. The highest BCUT2D eigenvalue weighted by Crippen LogP contribution is 2.40. The molecule has 0 amide bonds. The van der Waals surface area contributed by atoms with Crippen molar-refractivity contribution < 1.29 is 14.2 Å². The average molecular weight is 260 g/mol. The van der Waals surface area contributed by atoms with Crippen LogP contribution in [-0.4, -0.2) is 26.0 Å². The van der Waals surface area contributed by atoms with Gasteiger partial charge in [0.1, 0.15) is 17.9 Å². The molecule has 19 heavy (non-hydrogen) atoms. The summed E-state index contributed by atoms with van der Waals surface area (Å²) in [5.74, 6) is 2.50. The normalized spacial score (nSPS) is 19.6. The fourth-order valence-electron chi connectivity index (χ4n) is 2.31. The summed E-state index contributed by atoms with van der Waals surface area (Å²) in [6, 6.07) is 7.81. The van der Waals surface area contributed by atoms with Crippen LogP contribution >= 0.6 is 0 Å². The molecule has 5 heteroatoms. The zero-order chi connectivity index (χ0) is 13.3. The molecule has 0 aromatic heterocycles. The Kier molecular flexibility index (Phi) is 2.96. The lowest BCUT2D eigenvalue weighted by Crippen LogP contribution is -2.49. The highest BCUT2D eigenvalue weighted by atomic mass is 16.7. The number of fused-ring (bicyclic) bond motifs is 1. The lowest BCUT2D eigenvalue weighted by Gasteiger charge is -2.25. The van der Waals surface area contributed by atoms with E-state index in [-0.39, 0.29) is 6.79 Å². The monoisotopic (exact) mass is 260 g/mol. The third kappa shape index (κ3) is 2.20. The van der Waals surface area contributed by atoms with Gasteiger partial charge >= 0.3 is 0 Å². The van der Waals surface area contributed by atoms with E-state index in [4.69, 9.17) is 14.2 Å². The van der Waals surface area contributed by atoms with Gasteiger partial charge < -0.3 is 14.2 Å². The van der Waals surface area contributed by atoms with Crippen molar-refractivity contribution in [2.45, 2.75) is 18.4 Å². The maximum atomic E-state index is 9.38. The molecule has 1 fully saturated rings. The molecule has 1 saturated carbocycles. The first-order valence-corrected chi connectivity index (χ1v) is 6.40. The van der Waals surface area contributed by atoms with Gasteiger partial charge in [0.15, 0.2) is 11.5 Å². The predicted octanol–water partition coefficient (Wildman–Crippen LogP) is 1.69. The number of nitrogens with one attached hydrogen (secondary N) is 1. The Labute approximate surface area is 112 Å². The van der Waals surface area contributed by atoms with Gasteiger partial charge in [-0.25, -0.2) is 0 Å². The fourth-order valence-corrected chi connectivity index (χ4v) is 2.31. The maximum Gasteiger partial charge on any atom is 0.231 e. The lowest BCUT2D eigenvalue weighted by atomic mass is 9.96. The summed E-state index contributed by atoms with van der Waals surface area (Å²) in [4.78, 5) is 0. The molecule has 3 rings (SSSR count). The number of ether oxygens (including phenoxy) is 3. The van der Waals surface area contributed by atoms with Crippen LogP contribution in [0.15, 0.2) is 18.2 Å². The molecule has 1 heterocycles. The Bertz CT molecular complexity index is 522. The van der Waals surface area contributed by atoms with E-state index in [0.29, 0.717) is 24.0 Å². The first kappa shape index (κ1) is 12.1. The van der Waals surface area contributed by atoms with Crippen LogP contribution in [0.3, 0.4) is 0 Å². The van der Waals surface area contributed by atoms with Crippen LogP contribution in [-0.2, 0) is 0 Å². The van der Waals surface area contributed by atoms with E-state index < -0.39 is 5.54 Å². The molecule has 2 aliphatic rings. The quantitative estimate of drug-likeness (QED) is 0.872. The van der Waals surface area contributed by atoms with Crippen molar-refractivity contribution in [3.63, 3.8) is 0 Å². The molecule has 100 valence electrons. The van der Waals surface area contributed by atoms with E-state index in [9.17, 15) is 5.26 Å². The van der Waals surface area contributed by atoms with Gasteiger partial charge in [0.25, 0.3) is 0 Å². The molecular formula is C14H16N2O3. The number of hydrogen-bond acceptors (Lipinski definition) is 5. The molecule has 5 nitrogen and oxygen atoms in total. The second-order valence-electron chi connectivity index (χ2n) is 4.91. The second-order valence-corrected chi connectivity index (χ2v) is 4.91. The Hall–Kier alpha value is -1.93. The number of benzene rings is 1. The summed E-state index contributed by atoms with van der Waals surface area (Å²) >= 11 is 0. The molecule has 1 aromatic carbocycles. The molecule has 1 unspecified atom stereocenters. The SMILES string of the molecule is CNC(C#N)(COc1ccc2c(c1)OCO2)C1CC1. The standard InChI is InChI=1S/C14H16N2O3/c1-16-14(7-15,10-2-3-10)8-17-11-4-5-12-13(6-11)19-9-18-12/h4-6,10,16H,2-3,8-9H2,1H3. The van der Waals surface area contributed by atoms with E-state index >= 15 is 0 Å². The van der Waals surface area contributed by atoms with Gasteiger partial charge in [0, 0.05) is 6.07 Å². The molecule has 1 aromatic rings. The van der Waals surface area contributed by atoms with E-state index in [2.05, 4.69) is 11.4 Å². The smallest absolute Gasteiger partial charge is 0.231 e. The van der Waals surface area contributed by atoms with E-state index in [1.807, 2.05) is 19.2 Å². The Morgan fingerprint density at radius 2 is 2.21 bits per heavy atom. The second kappa shape index (κ2) is 4.63. The minimum absolute atomic E-state index is 0.250. The average Bonchev–Trinajstić information content (AvgIpc) is 3.19. The minimum atomic E-state index is -0.587. The van der Waals surface area contributed by atoms with Gasteiger partial charge in [0.05, 0.1) is 6.07 Å². The molecule has 1 N–H and O–H groups in total. The summed E-state index contributed by atoms with van der Waals surface area (Å²) in [5.41, 5.74) is -0.587. The summed E-state index contributed by atoms with van der Waals surface area (Å²) in [6.45, 7) is 0.587. The fraction of sp³-hybridized carbons (Fsp3) is 0.500. The molecule has 0 bridgehead atoms. The number of hydrogen-bond donors (Lipinski definition) is 1. The van der Waals surface area contributed by atoms with E-state index in [1.54, 1.807) is 6.07 Å². The van der Waals surface area contributed by atoms with Crippen LogP contribution in [0, 0.1) is 17.2 Å². The van der Waals surface area contributed by atoms with E-state index in [0.717, 1.165) is 18.6 Å². The first-order valence-electron chi connectivity index (χ1n) is 6.40. The third-order valence-electron chi connectivity index (χ3n) is 3.73.